The highest BCUT2D eigenvalue weighted by Crippen LogP contribution is 2.17. The highest BCUT2D eigenvalue weighted by atomic mass is 79.9. The molecular formula is C14H22BrN. The zero-order valence-electron chi connectivity index (χ0n) is 10.5. The Morgan fingerprint density at radius 1 is 1.12 bits per heavy atom. The first-order chi connectivity index (χ1) is 7.67. The Balaban J connectivity index is 2.46. The molecule has 0 fully saturated rings. The van der Waals surface area contributed by atoms with Crippen LogP contribution in [0, 0.1) is 5.92 Å². The van der Waals surface area contributed by atoms with Crippen LogP contribution in [-0.2, 0) is 0 Å². The minimum Gasteiger partial charge on any atom is -0.310 e. The van der Waals surface area contributed by atoms with E-state index in [1.165, 1.54) is 18.4 Å². The molecule has 0 radical (unpaired) electrons. The highest BCUT2D eigenvalue weighted by molar-refractivity contribution is 9.10. The van der Waals surface area contributed by atoms with Crippen LogP contribution < -0.4 is 5.32 Å². The van der Waals surface area contributed by atoms with Crippen molar-refractivity contribution in [1.82, 2.24) is 5.32 Å². The van der Waals surface area contributed by atoms with Gasteiger partial charge in [0, 0.05) is 10.5 Å². The quantitative estimate of drug-likeness (QED) is 0.809. The van der Waals surface area contributed by atoms with Gasteiger partial charge in [-0.15, -0.1) is 0 Å². The lowest BCUT2D eigenvalue weighted by atomic mass is 10.0. The predicted octanol–water partition coefficient (Wildman–Crippen LogP) is 4.54. The van der Waals surface area contributed by atoms with Gasteiger partial charge in [-0.3, -0.25) is 0 Å². The van der Waals surface area contributed by atoms with Crippen molar-refractivity contribution in [2.75, 3.05) is 6.54 Å². The van der Waals surface area contributed by atoms with Crippen LogP contribution in [0.3, 0.4) is 0 Å². The van der Waals surface area contributed by atoms with E-state index in [2.05, 4.69) is 66.3 Å². The summed E-state index contributed by atoms with van der Waals surface area (Å²) >= 11 is 3.46. The topological polar surface area (TPSA) is 12.0 Å². The number of halogens is 1. The van der Waals surface area contributed by atoms with Crippen LogP contribution in [0.25, 0.3) is 0 Å². The molecular weight excluding hydrogens is 262 g/mol. The summed E-state index contributed by atoms with van der Waals surface area (Å²) in [6.07, 6.45) is 2.52. The zero-order valence-corrected chi connectivity index (χ0v) is 12.0. The van der Waals surface area contributed by atoms with Gasteiger partial charge in [0.25, 0.3) is 0 Å². The van der Waals surface area contributed by atoms with E-state index in [0.29, 0.717) is 6.04 Å². The average molecular weight is 284 g/mol. The largest absolute Gasteiger partial charge is 0.310 e. The molecule has 1 nitrogen and oxygen atoms in total. The van der Waals surface area contributed by atoms with Gasteiger partial charge < -0.3 is 5.32 Å². The van der Waals surface area contributed by atoms with Crippen molar-refractivity contribution in [3.8, 4) is 0 Å². The first-order valence-corrected chi connectivity index (χ1v) is 6.95. The van der Waals surface area contributed by atoms with E-state index in [9.17, 15) is 0 Å². The lowest BCUT2D eigenvalue weighted by Gasteiger charge is -2.18. The third-order valence-electron chi connectivity index (χ3n) is 3.24. The molecule has 0 aliphatic carbocycles. The molecule has 0 aliphatic rings. The van der Waals surface area contributed by atoms with Crippen molar-refractivity contribution in [2.24, 2.45) is 5.92 Å². The summed E-state index contributed by atoms with van der Waals surface area (Å²) in [6, 6.07) is 8.99. The summed E-state index contributed by atoms with van der Waals surface area (Å²) in [5, 5.41) is 3.60. The lowest BCUT2D eigenvalue weighted by Crippen LogP contribution is -2.25. The van der Waals surface area contributed by atoms with E-state index in [4.69, 9.17) is 0 Å². The normalized spacial score (nSPS) is 13.1. The molecule has 0 aliphatic heterocycles. The monoisotopic (exact) mass is 283 g/mol. The molecule has 1 aromatic rings. The summed E-state index contributed by atoms with van der Waals surface area (Å²) in [5.74, 6) is 0.804. The molecule has 0 aromatic heterocycles. The molecule has 1 aromatic carbocycles. The van der Waals surface area contributed by atoms with Gasteiger partial charge in [0.1, 0.15) is 0 Å². The van der Waals surface area contributed by atoms with Crippen molar-refractivity contribution in [2.45, 2.75) is 39.7 Å². The van der Waals surface area contributed by atoms with Crippen LogP contribution in [-0.4, -0.2) is 6.54 Å². The molecule has 0 spiro atoms. The van der Waals surface area contributed by atoms with Crippen LogP contribution >= 0.6 is 15.9 Å². The van der Waals surface area contributed by atoms with E-state index in [1.54, 1.807) is 0 Å². The molecule has 1 rings (SSSR count). The van der Waals surface area contributed by atoms with E-state index < -0.39 is 0 Å². The van der Waals surface area contributed by atoms with E-state index >= 15 is 0 Å². The average Bonchev–Trinajstić information content (AvgIpc) is 2.31. The summed E-state index contributed by atoms with van der Waals surface area (Å²) in [4.78, 5) is 0. The minimum atomic E-state index is 0.439. The lowest BCUT2D eigenvalue weighted by molar-refractivity contribution is 0.422. The van der Waals surface area contributed by atoms with Crippen LogP contribution in [0.1, 0.15) is 45.2 Å². The van der Waals surface area contributed by atoms with Crippen molar-refractivity contribution in [3.63, 3.8) is 0 Å². The second-order valence-electron chi connectivity index (χ2n) is 4.36. The maximum Gasteiger partial charge on any atom is 0.0291 e. The molecule has 1 atom stereocenters. The number of nitrogens with one attached hydrogen (secondary N) is 1. The van der Waals surface area contributed by atoms with Crippen molar-refractivity contribution < 1.29 is 0 Å². The third-order valence-corrected chi connectivity index (χ3v) is 3.77. The Morgan fingerprint density at radius 3 is 2.19 bits per heavy atom. The smallest absolute Gasteiger partial charge is 0.0291 e. The second kappa shape index (κ2) is 7.08. The van der Waals surface area contributed by atoms with E-state index in [1.807, 2.05) is 0 Å². The molecule has 1 N–H and O–H groups in total. The van der Waals surface area contributed by atoms with Crippen LogP contribution in [0.5, 0.6) is 0 Å². The predicted molar refractivity (Wildman–Crippen MR) is 74.6 cm³/mol. The second-order valence-corrected chi connectivity index (χ2v) is 5.28. The van der Waals surface area contributed by atoms with Crippen LogP contribution in [0.15, 0.2) is 28.7 Å². The summed E-state index contributed by atoms with van der Waals surface area (Å²) < 4.78 is 1.14. The van der Waals surface area contributed by atoms with Gasteiger partial charge in [0.2, 0.25) is 0 Å². The molecule has 1 unspecified atom stereocenters. The first-order valence-electron chi connectivity index (χ1n) is 6.16. The fraction of sp³-hybridized carbons (Fsp3) is 0.571. The Morgan fingerprint density at radius 2 is 1.69 bits per heavy atom. The third kappa shape index (κ3) is 4.26. The summed E-state index contributed by atoms with van der Waals surface area (Å²) in [5.41, 5.74) is 1.36. The zero-order chi connectivity index (χ0) is 12.0. The van der Waals surface area contributed by atoms with Gasteiger partial charge in [0.05, 0.1) is 0 Å². The van der Waals surface area contributed by atoms with Crippen molar-refractivity contribution in [3.05, 3.63) is 34.3 Å². The van der Waals surface area contributed by atoms with Gasteiger partial charge in [-0.25, -0.2) is 0 Å². The molecule has 0 amide bonds. The Bertz CT molecular complexity index is 290. The summed E-state index contributed by atoms with van der Waals surface area (Å²) in [7, 11) is 0. The van der Waals surface area contributed by atoms with E-state index in [0.717, 1.165) is 16.9 Å². The van der Waals surface area contributed by atoms with Crippen LogP contribution in [0.2, 0.25) is 0 Å². The molecule has 0 bridgehead atoms. The maximum atomic E-state index is 3.60. The number of hydrogen-bond donors (Lipinski definition) is 1. The Hall–Kier alpha value is -0.340. The van der Waals surface area contributed by atoms with E-state index in [-0.39, 0.29) is 0 Å². The SMILES string of the molecule is CCC(CC)CNC(C)c1ccc(Br)cc1. The molecule has 0 heterocycles. The van der Waals surface area contributed by atoms with Crippen LogP contribution in [0.4, 0.5) is 0 Å². The van der Waals surface area contributed by atoms with Gasteiger partial charge in [0.15, 0.2) is 0 Å². The number of hydrogen-bond acceptors (Lipinski definition) is 1. The Labute approximate surface area is 108 Å². The minimum absolute atomic E-state index is 0.439. The molecule has 90 valence electrons. The van der Waals surface area contributed by atoms with Gasteiger partial charge in [-0.2, -0.15) is 0 Å². The molecule has 0 saturated carbocycles. The Kier molecular flexibility index (Phi) is 6.07. The molecule has 16 heavy (non-hydrogen) atoms. The van der Waals surface area contributed by atoms with Gasteiger partial charge >= 0.3 is 0 Å². The number of rotatable bonds is 6. The first kappa shape index (κ1) is 13.7. The fourth-order valence-electron chi connectivity index (χ4n) is 1.79. The molecule has 0 saturated heterocycles. The standard InChI is InChI=1S/C14H22BrN/c1-4-12(5-2)10-16-11(3)13-6-8-14(15)9-7-13/h6-9,11-12,16H,4-5,10H2,1-3H3. The highest BCUT2D eigenvalue weighted by Gasteiger charge is 2.07. The maximum absolute atomic E-state index is 3.60. The van der Waals surface area contributed by atoms with Crippen molar-refractivity contribution in [1.29, 1.82) is 0 Å². The van der Waals surface area contributed by atoms with Gasteiger partial charge in [-0.1, -0.05) is 54.8 Å². The van der Waals surface area contributed by atoms with Gasteiger partial charge in [-0.05, 0) is 37.1 Å². The fourth-order valence-corrected chi connectivity index (χ4v) is 2.05. The number of benzene rings is 1. The summed E-state index contributed by atoms with van der Waals surface area (Å²) in [6.45, 7) is 7.87. The van der Waals surface area contributed by atoms with Crippen molar-refractivity contribution >= 4 is 15.9 Å². The molecule has 2 heteroatoms.